The predicted octanol–water partition coefficient (Wildman–Crippen LogP) is -1.40. The summed E-state index contributed by atoms with van der Waals surface area (Å²) in [5.41, 5.74) is 0. The summed E-state index contributed by atoms with van der Waals surface area (Å²) >= 11 is 0. The largest absolute Gasteiger partial charge is 0.328 e. The Kier molecular flexibility index (Phi) is 2.54. The Hall–Kier alpha value is -2.38. The molecule has 0 spiro atoms. The van der Waals surface area contributed by atoms with Crippen molar-refractivity contribution in [3.63, 3.8) is 0 Å². The van der Waals surface area contributed by atoms with E-state index >= 15 is 0 Å². The molecule has 1 atom stereocenters. The quantitative estimate of drug-likeness (QED) is 0.466. The molecule has 0 aliphatic carbocycles. The highest BCUT2D eigenvalue weighted by Gasteiger charge is 2.48. The van der Waals surface area contributed by atoms with Gasteiger partial charge in [-0.25, -0.2) is 14.5 Å². The molecule has 2 heterocycles. The maximum absolute atomic E-state index is 11.6. The van der Waals surface area contributed by atoms with E-state index in [4.69, 9.17) is 0 Å². The first kappa shape index (κ1) is 11.1. The summed E-state index contributed by atoms with van der Waals surface area (Å²) in [4.78, 5) is 47.7. The Bertz CT molecular complexity index is 417. The highest BCUT2D eigenvalue weighted by molar-refractivity contribution is 6.11. The SMILES string of the molecule is C=CCN1C(=O)NC(=O)C1N1C(=O)CNC1=O. The third-order valence-electron chi connectivity index (χ3n) is 2.47. The number of rotatable bonds is 3. The molecular formula is C9H10N4O4. The van der Waals surface area contributed by atoms with E-state index in [2.05, 4.69) is 11.9 Å². The number of nitrogens with zero attached hydrogens (tertiary/aromatic N) is 2. The van der Waals surface area contributed by atoms with Gasteiger partial charge in [0.1, 0.15) is 0 Å². The van der Waals surface area contributed by atoms with Crippen molar-refractivity contribution in [2.75, 3.05) is 13.1 Å². The molecule has 0 aromatic rings. The lowest BCUT2D eigenvalue weighted by Crippen LogP contribution is -2.52. The van der Waals surface area contributed by atoms with E-state index in [0.29, 0.717) is 0 Å². The van der Waals surface area contributed by atoms with Crippen LogP contribution in [0.25, 0.3) is 0 Å². The van der Waals surface area contributed by atoms with Crippen molar-refractivity contribution in [3.05, 3.63) is 12.7 Å². The molecule has 8 nitrogen and oxygen atoms in total. The zero-order valence-electron chi connectivity index (χ0n) is 8.80. The predicted molar refractivity (Wildman–Crippen MR) is 54.5 cm³/mol. The van der Waals surface area contributed by atoms with E-state index in [9.17, 15) is 19.2 Å². The van der Waals surface area contributed by atoms with Gasteiger partial charge in [-0.15, -0.1) is 6.58 Å². The molecule has 90 valence electrons. The average Bonchev–Trinajstić information content (AvgIpc) is 2.71. The first-order valence-electron chi connectivity index (χ1n) is 4.88. The smallest absolute Gasteiger partial charge is 0.326 e. The second-order valence-corrected chi connectivity index (χ2v) is 3.53. The van der Waals surface area contributed by atoms with Crippen LogP contribution in [-0.4, -0.2) is 52.9 Å². The van der Waals surface area contributed by atoms with Crippen molar-refractivity contribution in [1.82, 2.24) is 20.4 Å². The van der Waals surface area contributed by atoms with Crippen molar-refractivity contribution in [2.45, 2.75) is 6.17 Å². The van der Waals surface area contributed by atoms with Gasteiger partial charge in [0, 0.05) is 6.54 Å². The number of imide groups is 2. The third kappa shape index (κ3) is 1.63. The van der Waals surface area contributed by atoms with E-state index in [0.717, 1.165) is 9.80 Å². The lowest BCUT2D eigenvalue weighted by molar-refractivity contribution is -0.135. The van der Waals surface area contributed by atoms with Crippen molar-refractivity contribution in [1.29, 1.82) is 0 Å². The molecule has 2 fully saturated rings. The second kappa shape index (κ2) is 3.89. The number of hydrogen-bond acceptors (Lipinski definition) is 4. The maximum Gasteiger partial charge on any atom is 0.326 e. The van der Waals surface area contributed by atoms with Crippen LogP contribution < -0.4 is 10.6 Å². The normalized spacial score (nSPS) is 24.1. The molecule has 0 radical (unpaired) electrons. The molecule has 2 N–H and O–H groups in total. The van der Waals surface area contributed by atoms with Gasteiger partial charge in [0.05, 0.1) is 6.54 Å². The van der Waals surface area contributed by atoms with Gasteiger partial charge in [-0.05, 0) is 0 Å². The highest BCUT2D eigenvalue weighted by atomic mass is 16.2. The molecule has 2 aliphatic heterocycles. The molecule has 0 aromatic carbocycles. The number of nitrogens with one attached hydrogen (secondary N) is 2. The van der Waals surface area contributed by atoms with E-state index in [1.807, 2.05) is 5.32 Å². The number of amides is 6. The Morgan fingerprint density at radius 3 is 2.53 bits per heavy atom. The van der Waals surface area contributed by atoms with Crippen LogP contribution in [0.15, 0.2) is 12.7 Å². The fraction of sp³-hybridized carbons (Fsp3) is 0.333. The van der Waals surface area contributed by atoms with Crippen molar-refractivity contribution in [3.8, 4) is 0 Å². The molecule has 0 aromatic heterocycles. The monoisotopic (exact) mass is 238 g/mol. The zero-order chi connectivity index (χ0) is 12.6. The minimum Gasteiger partial charge on any atom is -0.328 e. The lowest BCUT2D eigenvalue weighted by atomic mass is 10.3. The van der Waals surface area contributed by atoms with Crippen LogP contribution in [0.4, 0.5) is 9.59 Å². The Morgan fingerprint density at radius 1 is 1.29 bits per heavy atom. The van der Waals surface area contributed by atoms with Gasteiger partial charge in [0.2, 0.25) is 0 Å². The number of carbonyl (C=O) groups excluding carboxylic acids is 4. The van der Waals surface area contributed by atoms with Crippen LogP contribution in [0.5, 0.6) is 0 Å². The first-order valence-corrected chi connectivity index (χ1v) is 4.88. The number of hydrogen-bond donors (Lipinski definition) is 2. The molecule has 17 heavy (non-hydrogen) atoms. The van der Waals surface area contributed by atoms with Gasteiger partial charge in [-0.3, -0.25) is 19.8 Å². The molecule has 8 heteroatoms. The molecule has 2 aliphatic rings. The highest BCUT2D eigenvalue weighted by Crippen LogP contribution is 2.16. The van der Waals surface area contributed by atoms with Crippen LogP contribution in [-0.2, 0) is 9.59 Å². The van der Waals surface area contributed by atoms with Gasteiger partial charge in [0.25, 0.3) is 11.8 Å². The summed E-state index contributed by atoms with van der Waals surface area (Å²) in [7, 11) is 0. The fourth-order valence-electron chi connectivity index (χ4n) is 1.76. The topological polar surface area (TPSA) is 98.8 Å². The second-order valence-electron chi connectivity index (χ2n) is 3.53. The van der Waals surface area contributed by atoms with Gasteiger partial charge in [-0.1, -0.05) is 6.08 Å². The number of carbonyl (C=O) groups is 4. The summed E-state index contributed by atoms with van der Waals surface area (Å²) in [5.74, 6) is -1.24. The standard InChI is InChI=1S/C9H10N4O4/c1-2-3-12-7(6(15)11-9(12)17)13-5(14)4-10-8(13)16/h2,7H,1,3-4H2,(H,10,16)(H,11,15,17). The van der Waals surface area contributed by atoms with E-state index in [1.165, 1.54) is 6.08 Å². The fourth-order valence-corrected chi connectivity index (χ4v) is 1.76. The van der Waals surface area contributed by atoms with Gasteiger partial charge in [0.15, 0.2) is 6.17 Å². The summed E-state index contributed by atoms with van der Waals surface area (Å²) < 4.78 is 0. The van der Waals surface area contributed by atoms with Crippen LogP contribution in [0.1, 0.15) is 0 Å². The van der Waals surface area contributed by atoms with Crippen LogP contribution in [0.3, 0.4) is 0 Å². The summed E-state index contributed by atoms with van der Waals surface area (Å²) in [6.45, 7) is 3.35. The van der Waals surface area contributed by atoms with Crippen LogP contribution in [0, 0.1) is 0 Å². The third-order valence-corrected chi connectivity index (χ3v) is 2.47. The first-order chi connectivity index (χ1) is 8.06. The Labute approximate surface area is 96.2 Å². The summed E-state index contributed by atoms with van der Waals surface area (Å²) in [5, 5.41) is 4.33. The molecule has 0 bridgehead atoms. The zero-order valence-corrected chi connectivity index (χ0v) is 8.80. The van der Waals surface area contributed by atoms with Crippen molar-refractivity contribution >= 4 is 23.9 Å². The van der Waals surface area contributed by atoms with Gasteiger partial charge >= 0.3 is 12.1 Å². The summed E-state index contributed by atoms with van der Waals surface area (Å²) in [6, 6.07) is -1.33. The van der Waals surface area contributed by atoms with Crippen LogP contribution >= 0.6 is 0 Å². The van der Waals surface area contributed by atoms with E-state index in [1.54, 1.807) is 0 Å². The molecule has 1 unspecified atom stereocenters. The maximum atomic E-state index is 11.6. The Balaban J connectivity index is 2.31. The van der Waals surface area contributed by atoms with Crippen molar-refractivity contribution in [2.24, 2.45) is 0 Å². The van der Waals surface area contributed by atoms with E-state index in [-0.39, 0.29) is 13.1 Å². The molecule has 2 saturated heterocycles. The van der Waals surface area contributed by atoms with E-state index < -0.39 is 30.0 Å². The summed E-state index contributed by atoms with van der Waals surface area (Å²) in [6.07, 6.45) is 0.180. The van der Waals surface area contributed by atoms with Crippen LogP contribution in [0.2, 0.25) is 0 Å². The molecule has 6 amide bonds. The number of urea groups is 2. The molecule has 2 rings (SSSR count). The molecular weight excluding hydrogens is 228 g/mol. The van der Waals surface area contributed by atoms with Crippen molar-refractivity contribution < 1.29 is 19.2 Å². The minimum absolute atomic E-state index is 0.0688. The molecule has 0 saturated carbocycles. The minimum atomic E-state index is -1.23. The van der Waals surface area contributed by atoms with Gasteiger partial charge < -0.3 is 5.32 Å². The lowest BCUT2D eigenvalue weighted by Gasteiger charge is -2.25. The Morgan fingerprint density at radius 2 is 2.00 bits per heavy atom. The average molecular weight is 238 g/mol. The van der Waals surface area contributed by atoms with Gasteiger partial charge in [-0.2, -0.15) is 0 Å².